The molecule has 0 fully saturated rings. The molecule has 0 aliphatic carbocycles. The lowest BCUT2D eigenvalue weighted by atomic mass is 10.1. The molecule has 24 heavy (non-hydrogen) atoms. The van der Waals surface area contributed by atoms with Crippen LogP contribution in [0.3, 0.4) is 0 Å². The highest BCUT2D eigenvalue weighted by Crippen LogP contribution is 2.28. The van der Waals surface area contributed by atoms with Gasteiger partial charge >= 0.3 is 0 Å². The van der Waals surface area contributed by atoms with Gasteiger partial charge in [0.2, 0.25) is 5.91 Å². The van der Waals surface area contributed by atoms with Crippen molar-refractivity contribution in [3.63, 3.8) is 0 Å². The predicted molar refractivity (Wildman–Crippen MR) is 98.0 cm³/mol. The van der Waals surface area contributed by atoms with Crippen molar-refractivity contribution >= 4 is 29.3 Å². The zero-order valence-corrected chi connectivity index (χ0v) is 13.8. The van der Waals surface area contributed by atoms with Gasteiger partial charge in [-0.2, -0.15) is 0 Å². The maximum atomic E-state index is 12.5. The minimum absolute atomic E-state index is 0.0809. The Hall–Kier alpha value is -2.72. The number of halogens is 1. The van der Waals surface area contributed by atoms with E-state index in [-0.39, 0.29) is 17.8 Å². The summed E-state index contributed by atoms with van der Waals surface area (Å²) < 4.78 is 0. The molecule has 3 rings (SSSR count). The minimum atomic E-state index is -0.281. The Morgan fingerprint density at radius 1 is 1.04 bits per heavy atom. The Labute approximate surface area is 145 Å². The van der Waals surface area contributed by atoms with Crippen LogP contribution >= 0.6 is 11.6 Å². The van der Waals surface area contributed by atoms with E-state index in [2.05, 4.69) is 9.97 Å². The smallest absolute Gasteiger partial charge is 0.242 e. The second-order valence-corrected chi connectivity index (χ2v) is 5.56. The Morgan fingerprint density at radius 3 is 2.42 bits per heavy atom. The van der Waals surface area contributed by atoms with Crippen molar-refractivity contribution in [2.75, 3.05) is 10.8 Å². The molecular formula is C19H18ClN3O. The normalized spacial score (nSPS) is 12.4. The fourth-order valence-corrected chi connectivity index (χ4v) is 2.74. The highest BCUT2D eigenvalue weighted by molar-refractivity contribution is 6.29. The van der Waals surface area contributed by atoms with E-state index in [0.29, 0.717) is 0 Å². The van der Waals surface area contributed by atoms with Crippen molar-refractivity contribution < 1.29 is 4.79 Å². The minimum Gasteiger partial charge on any atom is -0.363 e. The first-order valence-corrected chi connectivity index (χ1v) is 8.21. The van der Waals surface area contributed by atoms with Crippen LogP contribution in [0.2, 0.25) is 0 Å². The number of carbonyl (C=O) groups excluding carboxylic acids is 1. The predicted octanol–water partition coefficient (Wildman–Crippen LogP) is 4.37. The molecule has 4 nitrogen and oxygen atoms in total. The van der Waals surface area contributed by atoms with Crippen molar-refractivity contribution in [2.24, 2.45) is 0 Å². The number of nitrogens with zero attached hydrogens (tertiary/aromatic N) is 1. The van der Waals surface area contributed by atoms with Crippen LogP contribution in [0, 0.1) is 0 Å². The van der Waals surface area contributed by atoms with Gasteiger partial charge < -0.3 is 9.97 Å². The fraction of sp³-hybridized carbons (Fsp3) is 0.105. The average molecular weight is 340 g/mol. The molecule has 0 aliphatic heterocycles. The molecule has 2 N–H and O–H groups in total. The first kappa shape index (κ1) is 16.1. The van der Waals surface area contributed by atoms with Crippen LogP contribution in [0.1, 0.15) is 17.4 Å². The van der Waals surface area contributed by atoms with Gasteiger partial charge in [0, 0.05) is 29.5 Å². The van der Waals surface area contributed by atoms with Crippen LogP contribution in [-0.2, 0) is 4.79 Å². The average Bonchev–Trinajstić information content (AvgIpc) is 3.32. The SMILES string of the molecule is O=C(CCl)N(c1ccccc1)C(C=Cc1ccc[nH]1)c1ccc[nH]1. The number of hydrogen-bond donors (Lipinski definition) is 2. The molecule has 2 aromatic heterocycles. The number of para-hydroxylation sites is 1. The van der Waals surface area contributed by atoms with Gasteiger partial charge in [-0.3, -0.25) is 9.69 Å². The van der Waals surface area contributed by atoms with E-state index in [9.17, 15) is 4.79 Å². The van der Waals surface area contributed by atoms with Gasteiger partial charge in [-0.1, -0.05) is 24.3 Å². The summed E-state index contributed by atoms with van der Waals surface area (Å²) in [4.78, 5) is 20.6. The molecule has 0 bridgehead atoms. The van der Waals surface area contributed by atoms with Crippen LogP contribution in [0.4, 0.5) is 5.69 Å². The number of amides is 1. The van der Waals surface area contributed by atoms with Crippen LogP contribution in [0.25, 0.3) is 6.08 Å². The summed E-state index contributed by atoms with van der Waals surface area (Å²) in [7, 11) is 0. The first-order chi connectivity index (χ1) is 11.8. The van der Waals surface area contributed by atoms with Crippen molar-refractivity contribution in [1.29, 1.82) is 0 Å². The summed E-state index contributed by atoms with van der Waals surface area (Å²) in [6, 6.07) is 17.0. The largest absolute Gasteiger partial charge is 0.363 e. The highest BCUT2D eigenvalue weighted by Gasteiger charge is 2.24. The summed E-state index contributed by atoms with van der Waals surface area (Å²) >= 11 is 5.87. The van der Waals surface area contributed by atoms with E-state index in [0.717, 1.165) is 17.1 Å². The summed E-state index contributed by atoms with van der Waals surface area (Å²) in [5.41, 5.74) is 2.69. The summed E-state index contributed by atoms with van der Waals surface area (Å²) in [5, 5.41) is 0. The number of nitrogens with one attached hydrogen (secondary N) is 2. The van der Waals surface area contributed by atoms with Crippen molar-refractivity contribution in [1.82, 2.24) is 9.97 Å². The topological polar surface area (TPSA) is 51.9 Å². The van der Waals surface area contributed by atoms with E-state index in [1.54, 1.807) is 4.90 Å². The van der Waals surface area contributed by atoms with E-state index in [4.69, 9.17) is 11.6 Å². The number of carbonyl (C=O) groups is 1. The van der Waals surface area contributed by atoms with Gasteiger partial charge in [0.1, 0.15) is 5.88 Å². The Morgan fingerprint density at radius 2 is 1.79 bits per heavy atom. The molecule has 1 atom stereocenters. The third-order valence-electron chi connectivity index (χ3n) is 3.72. The van der Waals surface area contributed by atoms with Crippen LogP contribution in [0.5, 0.6) is 0 Å². The van der Waals surface area contributed by atoms with Crippen molar-refractivity contribution in [3.8, 4) is 0 Å². The number of anilines is 1. The molecule has 122 valence electrons. The third kappa shape index (κ3) is 3.60. The Balaban J connectivity index is 2.02. The van der Waals surface area contributed by atoms with Crippen molar-refractivity contribution in [3.05, 3.63) is 84.5 Å². The van der Waals surface area contributed by atoms with Gasteiger partial charge in [-0.05, 0) is 42.5 Å². The van der Waals surface area contributed by atoms with Crippen LogP contribution in [-0.4, -0.2) is 21.8 Å². The number of hydrogen-bond acceptors (Lipinski definition) is 1. The number of benzene rings is 1. The van der Waals surface area contributed by atoms with E-state index < -0.39 is 0 Å². The van der Waals surface area contributed by atoms with Gasteiger partial charge in [0.05, 0.1) is 6.04 Å². The van der Waals surface area contributed by atoms with Gasteiger partial charge in [0.15, 0.2) is 0 Å². The Bertz CT molecular complexity index is 779. The van der Waals surface area contributed by atoms with Gasteiger partial charge in [0.25, 0.3) is 0 Å². The number of aromatic nitrogens is 2. The third-order valence-corrected chi connectivity index (χ3v) is 3.94. The monoisotopic (exact) mass is 339 g/mol. The zero-order chi connectivity index (χ0) is 16.8. The molecule has 0 spiro atoms. The molecule has 3 aromatic rings. The number of alkyl halides is 1. The highest BCUT2D eigenvalue weighted by atomic mass is 35.5. The molecule has 1 unspecified atom stereocenters. The maximum Gasteiger partial charge on any atom is 0.242 e. The van der Waals surface area contributed by atoms with Crippen LogP contribution < -0.4 is 4.90 Å². The van der Waals surface area contributed by atoms with Crippen LogP contribution in [0.15, 0.2) is 73.1 Å². The molecule has 1 aromatic carbocycles. The van der Waals surface area contributed by atoms with Gasteiger partial charge in [-0.15, -0.1) is 11.6 Å². The fourth-order valence-electron chi connectivity index (χ4n) is 2.61. The summed E-state index contributed by atoms with van der Waals surface area (Å²) in [6.07, 6.45) is 7.65. The molecule has 0 aliphatic rings. The lowest BCUT2D eigenvalue weighted by molar-refractivity contribution is -0.116. The number of rotatable bonds is 6. The first-order valence-electron chi connectivity index (χ1n) is 7.67. The zero-order valence-electron chi connectivity index (χ0n) is 13.0. The second kappa shape index (κ2) is 7.70. The molecule has 5 heteroatoms. The van der Waals surface area contributed by atoms with E-state index in [1.165, 1.54) is 0 Å². The number of aromatic amines is 2. The quantitative estimate of drug-likeness (QED) is 0.644. The van der Waals surface area contributed by atoms with Gasteiger partial charge in [-0.25, -0.2) is 0 Å². The number of H-pyrrole nitrogens is 2. The second-order valence-electron chi connectivity index (χ2n) is 5.29. The standard InChI is InChI=1S/C19H18ClN3O/c20-14-19(24)23(16-7-2-1-3-8-16)18(17-9-5-13-22-17)11-10-15-6-4-12-21-15/h1-13,18,21-22H,14H2. The van der Waals surface area contributed by atoms with E-state index >= 15 is 0 Å². The molecule has 1 amide bonds. The van der Waals surface area contributed by atoms with Crippen molar-refractivity contribution in [2.45, 2.75) is 6.04 Å². The summed E-state index contributed by atoms with van der Waals surface area (Å²) in [6.45, 7) is 0. The maximum absolute atomic E-state index is 12.5. The lowest BCUT2D eigenvalue weighted by Crippen LogP contribution is -2.35. The molecule has 0 saturated heterocycles. The van der Waals surface area contributed by atoms with E-state index in [1.807, 2.05) is 79.1 Å². The summed E-state index contributed by atoms with van der Waals surface area (Å²) in [5.74, 6) is -0.235. The Kier molecular flexibility index (Phi) is 5.18. The molecule has 2 heterocycles. The molecule has 0 radical (unpaired) electrons. The molecular weight excluding hydrogens is 322 g/mol. The lowest BCUT2D eigenvalue weighted by Gasteiger charge is -2.29. The molecule has 0 saturated carbocycles.